The van der Waals surface area contributed by atoms with E-state index in [2.05, 4.69) is 5.32 Å². The monoisotopic (exact) mass is 314 g/mol. The van der Waals surface area contributed by atoms with Crippen LogP contribution in [0.4, 0.5) is 4.39 Å². The molecule has 0 unspecified atom stereocenters. The van der Waals surface area contributed by atoms with Crippen molar-refractivity contribution >= 4 is 10.0 Å². The van der Waals surface area contributed by atoms with E-state index in [1.165, 1.54) is 16.6 Å². The lowest BCUT2D eigenvalue weighted by molar-refractivity contribution is 0.413. The first-order valence-corrected chi connectivity index (χ1v) is 9.19. The van der Waals surface area contributed by atoms with E-state index in [-0.39, 0.29) is 11.9 Å². The number of nitrogens with one attached hydrogen (secondary N) is 1. The molecule has 0 aliphatic carbocycles. The van der Waals surface area contributed by atoms with E-state index in [9.17, 15) is 12.8 Å². The Bertz CT molecular complexity index is 577. The first kappa shape index (κ1) is 16.4. The summed E-state index contributed by atoms with van der Waals surface area (Å²) in [6.07, 6.45) is 2.90. The fraction of sp³-hybridized carbons (Fsp3) is 0.600. The van der Waals surface area contributed by atoms with Crippen LogP contribution in [0.15, 0.2) is 24.3 Å². The van der Waals surface area contributed by atoms with Crippen molar-refractivity contribution in [3.63, 3.8) is 0 Å². The maximum atomic E-state index is 13.8. The van der Waals surface area contributed by atoms with Gasteiger partial charge in [0.25, 0.3) is 0 Å². The van der Waals surface area contributed by atoms with Gasteiger partial charge in [0.2, 0.25) is 10.0 Å². The van der Waals surface area contributed by atoms with Crippen LogP contribution in [-0.4, -0.2) is 38.6 Å². The molecule has 1 aromatic rings. The number of hydrogen-bond acceptors (Lipinski definition) is 3. The molecule has 1 aromatic carbocycles. The maximum absolute atomic E-state index is 13.8. The minimum Gasteiger partial charge on any atom is -0.310 e. The summed E-state index contributed by atoms with van der Waals surface area (Å²) in [5.74, 6) is 0.0987. The van der Waals surface area contributed by atoms with E-state index in [0.29, 0.717) is 31.1 Å². The van der Waals surface area contributed by atoms with Crippen molar-refractivity contribution < 1.29 is 12.8 Å². The van der Waals surface area contributed by atoms with Gasteiger partial charge in [0, 0.05) is 24.7 Å². The summed E-state index contributed by atoms with van der Waals surface area (Å²) in [6, 6.07) is 6.77. The zero-order chi connectivity index (χ0) is 15.5. The van der Waals surface area contributed by atoms with Crippen molar-refractivity contribution in [3.8, 4) is 0 Å². The molecule has 2 atom stereocenters. The molecule has 0 amide bonds. The van der Waals surface area contributed by atoms with Crippen LogP contribution in [0.5, 0.6) is 0 Å². The fourth-order valence-corrected chi connectivity index (χ4v) is 3.72. The van der Waals surface area contributed by atoms with Crippen molar-refractivity contribution in [2.45, 2.75) is 25.8 Å². The van der Waals surface area contributed by atoms with Gasteiger partial charge in [-0.2, -0.15) is 0 Å². The fourth-order valence-electron chi connectivity index (χ4n) is 2.81. The Morgan fingerprint density at radius 3 is 2.71 bits per heavy atom. The van der Waals surface area contributed by atoms with Gasteiger partial charge in [-0.25, -0.2) is 17.1 Å². The minimum absolute atomic E-state index is 0.0292. The van der Waals surface area contributed by atoms with Gasteiger partial charge in [0.05, 0.1) is 6.26 Å². The van der Waals surface area contributed by atoms with Crippen LogP contribution in [-0.2, 0) is 10.0 Å². The zero-order valence-electron chi connectivity index (χ0n) is 12.5. The number of sulfonamides is 1. The second-order valence-corrected chi connectivity index (χ2v) is 7.65. The summed E-state index contributed by atoms with van der Waals surface area (Å²) < 4.78 is 38.3. The molecular formula is C15H23FN2O2S. The molecule has 1 aliphatic heterocycles. The highest BCUT2D eigenvalue weighted by Crippen LogP contribution is 2.22. The molecule has 21 heavy (non-hydrogen) atoms. The Labute approximate surface area is 126 Å². The highest BCUT2D eigenvalue weighted by molar-refractivity contribution is 7.88. The summed E-state index contributed by atoms with van der Waals surface area (Å²) in [4.78, 5) is 0. The molecular weight excluding hydrogens is 291 g/mol. The van der Waals surface area contributed by atoms with Crippen molar-refractivity contribution in [2.24, 2.45) is 5.92 Å². The first-order valence-electron chi connectivity index (χ1n) is 7.34. The molecule has 1 N–H and O–H groups in total. The Morgan fingerprint density at radius 1 is 1.43 bits per heavy atom. The molecule has 6 heteroatoms. The smallest absolute Gasteiger partial charge is 0.211 e. The van der Waals surface area contributed by atoms with Gasteiger partial charge in [0.15, 0.2) is 0 Å². The van der Waals surface area contributed by atoms with Crippen LogP contribution in [0.25, 0.3) is 0 Å². The normalized spacial score (nSPS) is 21.6. The molecule has 0 saturated carbocycles. The average Bonchev–Trinajstić information content (AvgIpc) is 2.90. The van der Waals surface area contributed by atoms with Gasteiger partial charge in [-0.15, -0.1) is 0 Å². The molecule has 4 nitrogen and oxygen atoms in total. The van der Waals surface area contributed by atoms with Gasteiger partial charge >= 0.3 is 0 Å². The molecule has 0 spiro atoms. The topological polar surface area (TPSA) is 49.4 Å². The zero-order valence-corrected chi connectivity index (χ0v) is 13.4. The lowest BCUT2D eigenvalue weighted by Crippen LogP contribution is -2.31. The summed E-state index contributed by atoms with van der Waals surface area (Å²) in [5.41, 5.74) is 0.679. The number of rotatable bonds is 6. The molecule has 1 saturated heterocycles. The number of benzene rings is 1. The van der Waals surface area contributed by atoms with Crippen LogP contribution in [0, 0.1) is 11.7 Å². The van der Waals surface area contributed by atoms with Crippen LogP contribution >= 0.6 is 0 Å². The van der Waals surface area contributed by atoms with E-state index in [1.54, 1.807) is 12.1 Å². The third kappa shape index (κ3) is 4.25. The van der Waals surface area contributed by atoms with E-state index < -0.39 is 10.0 Å². The molecule has 0 aromatic heterocycles. The minimum atomic E-state index is -3.09. The molecule has 1 fully saturated rings. The van der Waals surface area contributed by atoms with Crippen molar-refractivity contribution in [3.05, 3.63) is 35.6 Å². The molecule has 2 rings (SSSR count). The van der Waals surface area contributed by atoms with Crippen molar-refractivity contribution in [1.29, 1.82) is 0 Å². The number of halogens is 1. The van der Waals surface area contributed by atoms with E-state index in [0.717, 1.165) is 12.8 Å². The number of hydrogen-bond donors (Lipinski definition) is 1. The standard InChI is InChI=1S/C15H23FN2O2S/c1-3-15(13-6-4-5-7-14(13)16)17-10-12-8-9-18(11-12)21(2,19)20/h4-7,12,15,17H,3,8-11H2,1-2H3/t12-,15-/m0/s1. The van der Waals surface area contributed by atoms with E-state index >= 15 is 0 Å². The summed E-state index contributed by atoms with van der Waals surface area (Å²) in [7, 11) is -3.09. The predicted molar refractivity (Wildman–Crippen MR) is 82.0 cm³/mol. The third-order valence-corrected chi connectivity index (χ3v) is 5.33. The highest BCUT2D eigenvalue weighted by Gasteiger charge is 2.28. The van der Waals surface area contributed by atoms with Gasteiger partial charge < -0.3 is 5.32 Å². The van der Waals surface area contributed by atoms with Crippen LogP contribution in [0.3, 0.4) is 0 Å². The van der Waals surface area contributed by atoms with Crippen LogP contribution in [0.2, 0.25) is 0 Å². The molecule has 0 bridgehead atoms. The van der Waals surface area contributed by atoms with Crippen LogP contribution in [0.1, 0.15) is 31.4 Å². The predicted octanol–water partition coefficient (Wildman–Crippen LogP) is 2.15. The molecule has 1 heterocycles. The SMILES string of the molecule is CC[C@H](NC[C@@H]1CCN(S(C)(=O)=O)C1)c1ccccc1F. The van der Waals surface area contributed by atoms with E-state index in [4.69, 9.17) is 0 Å². The maximum Gasteiger partial charge on any atom is 0.211 e. The number of nitrogens with zero attached hydrogens (tertiary/aromatic N) is 1. The lowest BCUT2D eigenvalue weighted by atomic mass is 10.0. The van der Waals surface area contributed by atoms with E-state index in [1.807, 2.05) is 13.0 Å². The highest BCUT2D eigenvalue weighted by atomic mass is 32.2. The van der Waals surface area contributed by atoms with Crippen molar-refractivity contribution in [1.82, 2.24) is 9.62 Å². The lowest BCUT2D eigenvalue weighted by Gasteiger charge is -2.20. The van der Waals surface area contributed by atoms with Gasteiger partial charge in [0.1, 0.15) is 5.82 Å². The second-order valence-electron chi connectivity index (χ2n) is 5.67. The summed E-state index contributed by atoms with van der Waals surface area (Å²) >= 11 is 0. The quantitative estimate of drug-likeness (QED) is 0.875. The summed E-state index contributed by atoms with van der Waals surface area (Å²) in [5, 5.41) is 3.38. The van der Waals surface area contributed by atoms with Crippen molar-refractivity contribution in [2.75, 3.05) is 25.9 Å². The molecule has 1 aliphatic rings. The van der Waals surface area contributed by atoms with Gasteiger partial charge in [-0.05, 0) is 31.4 Å². The Kier molecular flexibility index (Phi) is 5.35. The summed E-state index contributed by atoms with van der Waals surface area (Å²) in [6.45, 7) is 3.86. The molecule has 0 radical (unpaired) electrons. The first-order chi connectivity index (χ1) is 9.91. The van der Waals surface area contributed by atoms with Gasteiger partial charge in [-0.3, -0.25) is 0 Å². The van der Waals surface area contributed by atoms with Gasteiger partial charge in [-0.1, -0.05) is 25.1 Å². The average molecular weight is 314 g/mol. The second kappa shape index (κ2) is 6.85. The van der Waals surface area contributed by atoms with Crippen LogP contribution < -0.4 is 5.32 Å². The Morgan fingerprint density at radius 2 is 2.14 bits per heavy atom. The Balaban J connectivity index is 1.92. The third-order valence-electron chi connectivity index (χ3n) is 4.06. The largest absolute Gasteiger partial charge is 0.310 e. The molecule has 118 valence electrons. The Hall–Kier alpha value is -0.980.